The number of morpholine rings is 1. The molecule has 2 saturated heterocycles. The maximum Gasteiger partial charge on any atom is 0.223 e. The van der Waals surface area contributed by atoms with E-state index in [0.717, 1.165) is 50.8 Å². The van der Waals surface area contributed by atoms with Gasteiger partial charge in [-0.15, -0.1) is 0 Å². The lowest BCUT2D eigenvalue weighted by Crippen LogP contribution is -2.37. The van der Waals surface area contributed by atoms with Gasteiger partial charge in [-0.3, -0.25) is 14.6 Å². The molecule has 1 aromatic rings. The number of ether oxygens (including phenoxy) is 1. The van der Waals surface area contributed by atoms with Crippen molar-refractivity contribution in [2.45, 2.75) is 59.2 Å². The number of fused-ring (bicyclic) bond motifs is 2. The molecule has 6 heteroatoms. The van der Waals surface area contributed by atoms with Crippen LogP contribution in [0.5, 0.6) is 5.75 Å². The average molecular weight is 390 g/mol. The first kappa shape index (κ1) is 19.9. The average Bonchev–Trinajstić information content (AvgIpc) is 2.85. The fourth-order valence-electron chi connectivity index (χ4n) is 6.07. The molecule has 1 aliphatic carbocycles. The highest BCUT2D eigenvalue weighted by Crippen LogP contribution is 2.52. The lowest BCUT2D eigenvalue weighted by atomic mass is 9.65. The summed E-state index contributed by atoms with van der Waals surface area (Å²) >= 11 is 0. The van der Waals surface area contributed by atoms with E-state index in [2.05, 4.69) is 30.6 Å². The SMILES string of the molecule is Cn1c(CN2CCOCC2)cc(=O)c(O)c1CN1C[C@]2(C)C[C@@H]1CC(C)(C)C2. The van der Waals surface area contributed by atoms with Crippen LogP contribution >= 0.6 is 0 Å². The summed E-state index contributed by atoms with van der Waals surface area (Å²) in [6.45, 7) is 12.8. The molecule has 0 unspecified atom stereocenters. The standard InChI is InChI=1S/C22H35N3O3/c1-21(2)10-17-11-22(3,14-21)15-25(17)13-18-20(27)19(26)9-16(23(18)4)12-24-5-7-28-8-6-24/h9,17,27H,5-8,10-15H2,1-4H3/t17-,22+/m0/s1. The third-order valence-electron chi connectivity index (χ3n) is 7.01. The lowest BCUT2D eigenvalue weighted by Gasteiger charge is -2.40. The van der Waals surface area contributed by atoms with E-state index >= 15 is 0 Å². The first-order chi connectivity index (χ1) is 13.2. The number of aromatic nitrogens is 1. The number of pyridine rings is 1. The van der Waals surface area contributed by atoms with Crippen LogP contribution in [0, 0.1) is 10.8 Å². The summed E-state index contributed by atoms with van der Waals surface area (Å²) in [6.07, 6.45) is 3.65. The molecule has 2 atom stereocenters. The highest BCUT2D eigenvalue weighted by Gasteiger charge is 2.49. The second-order valence-corrected chi connectivity index (χ2v) is 10.4. The number of nitrogens with zero attached hydrogens (tertiary/aromatic N) is 3. The molecule has 0 amide bonds. The van der Waals surface area contributed by atoms with Gasteiger partial charge in [0, 0.05) is 57.6 Å². The van der Waals surface area contributed by atoms with Crippen LogP contribution in [0.1, 0.15) is 51.4 Å². The van der Waals surface area contributed by atoms with Gasteiger partial charge in [0.25, 0.3) is 0 Å². The number of aromatic hydroxyl groups is 1. The maximum absolute atomic E-state index is 12.5. The zero-order chi connectivity index (χ0) is 20.1. The monoisotopic (exact) mass is 389 g/mol. The first-order valence-corrected chi connectivity index (χ1v) is 10.6. The molecule has 3 heterocycles. The van der Waals surface area contributed by atoms with E-state index in [1.807, 2.05) is 11.6 Å². The summed E-state index contributed by atoms with van der Waals surface area (Å²) in [5.41, 5.74) is 2.16. The molecule has 0 radical (unpaired) electrons. The molecule has 0 aromatic carbocycles. The zero-order valence-electron chi connectivity index (χ0n) is 17.8. The van der Waals surface area contributed by atoms with Crippen molar-refractivity contribution < 1.29 is 9.84 Å². The Morgan fingerprint density at radius 3 is 2.61 bits per heavy atom. The second-order valence-electron chi connectivity index (χ2n) is 10.4. The predicted molar refractivity (Wildman–Crippen MR) is 109 cm³/mol. The Morgan fingerprint density at radius 1 is 1.18 bits per heavy atom. The van der Waals surface area contributed by atoms with E-state index in [1.165, 1.54) is 19.3 Å². The Bertz CT molecular complexity index is 797. The topological polar surface area (TPSA) is 57.9 Å². The molecular weight excluding hydrogens is 354 g/mol. The predicted octanol–water partition coefficient (Wildman–Crippen LogP) is 2.32. The van der Waals surface area contributed by atoms with Gasteiger partial charge in [0.15, 0.2) is 5.75 Å². The van der Waals surface area contributed by atoms with Gasteiger partial charge in [-0.1, -0.05) is 20.8 Å². The molecule has 156 valence electrons. The minimum Gasteiger partial charge on any atom is -0.503 e. The molecule has 1 N–H and O–H groups in total. The summed E-state index contributed by atoms with van der Waals surface area (Å²) in [6, 6.07) is 2.13. The van der Waals surface area contributed by atoms with E-state index in [4.69, 9.17) is 4.74 Å². The van der Waals surface area contributed by atoms with E-state index in [-0.39, 0.29) is 11.2 Å². The van der Waals surface area contributed by atoms with Crippen LogP contribution < -0.4 is 5.43 Å². The molecule has 3 aliphatic rings. The van der Waals surface area contributed by atoms with E-state index in [1.54, 1.807) is 6.07 Å². The molecule has 6 nitrogen and oxygen atoms in total. The van der Waals surface area contributed by atoms with Crippen molar-refractivity contribution >= 4 is 0 Å². The van der Waals surface area contributed by atoms with Crippen molar-refractivity contribution in [1.82, 2.24) is 14.4 Å². The molecule has 3 fully saturated rings. The van der Waals surface area contributed by atoms with Crippen molar-refractivity contribution in [2.24, 2.45) is 17.9 Å². The van der Waals surface area contributed by atoms with Gasteiger partial charge in [-0.05, 0) is 30.1 Å². The van der Waals surface area contributed by atoms with Gasteiger partial charge in [0.1, 0.15) is 0 Å². The Labute approximate surface area is 168 Å². The molecule has 2 bridgehead atoms. The van der Waals surface area contributed by atoms with Crippen molar-refractivity contribution in [3.63, 3.8) is 0 Å². The van der Waals surface area contributed by atoms with Gasteiger partial charge < -0.3 is 14.4 Å². The van der Waals surface area contributed by atoms with E-state index in [9.17, 15) is 9.90 Å². The van der Waals surface area contributed by atoms with Crippen LogP contribution in [0.2, 0.25) is 0 Å². The van der Waals surface area contributed by atoms with Crippen molar-refractivity contribution in [3.8, 4) is 5.75 Å². The number of hydrogen-bond donors (Lipinski definition) is 1. The van der Waals surface area contributed by atoms with Gasteiger partial charge in [0.2, 0.25) is 5.43 Å². The van der Waals surface area contributed by atoms with Gasteiger partial charge in [-0.25, -0.2) is 0 Å². The molecule has 28 heavy (non-hydrogen) atoms. The third kappa shape index (κ3) is 3.87. The maximum atomic E-state index is 12.5. The van der Waals surface area contributed by atoms with Crippen LogP contribution in [0.4, 0.5) is 0 Å². The van der Waals surface area contributed by atoms with Gasteiger partial charge in [0.05, 0.1) is 18.9 Å². The highest BCUT2D eigenvalue weighted by molar-refractivity contribution is 5.30. The van der Waals surface area contributed by atoms with E-state index in [0.29, 0.717) is 23.4 Å². The van der Waals surface area contributed by atoms with Crippen molar-refractivity contribution in [2.75, 3.05) is 32.8 Å². The van der Waals surface area contributed by atoms with E-state index < -0.39 is 0 Å². The summed E-state index contributed by atoms with van der Waals surface area (Å²) in [7, 11) is 1.98. The molecule has 1 saturated carbocycles. The quantitative estimate of drug-likeness (QED) is 0.857. The Morgan fingerprint density at radius 2 is 1.89 bits per heavy atom. The first-order valence-electron chi connectivity index (χ1n) is 10.6. The van der Waals surface area contributed by atoms with Crippen LogP contribution in [-0.4, -0.2) is 58.4 Å². The van der Waals surface area contributed by atoms with Crippen LogP contribution in [0.15, 0.2) is 10.9 Å². The zero-order valence-corrected chi connectivity index (χ0v) is 17.8. The number of hydrogen-bond acceptors (Lipinski definition) is 5. The van der Waals surface area contributed by atoms with Crippen molar-refractivity contribution in [1.29, 1.82) is 0 Å². The number of likely N-dealkylation sites (tertiary alicyclic amines) is 1. The Kier molecular flexibility index (Phi) is 5.09. The highest BCUT2D eigenvalue weighted by atomic mass is 16.5. The summed E-state index contributed by atoms with van der Waals surface area (Å²) in [5.74, 6) is -0.0842. The van der Waals surface area contributed by atoms with Gasteiger partial charge >= 0.3 is 0 Å². The summed E-state index contributed by atoms with van der Waals surface area (Å²) in [4.78, 5) is 17.3. The molecule has 1 aromatic heterocycles. The minimum atomic E-state index is -0.259. The normalized spacial score (nSPS) is 30.6. The van der Waals surface area contributed by atoms with Crippen LogP contribution in [-0.2, 0) is 24.9 Å². The Balaban J connectivity index is 1.58. The fraction of sp³-hybridized carbons (Fsp3) is 0.773. The lowest BCUT2D eigenvalue weighted by molar-refractivity contribution is 0.0331. The minimum absolute atomic E-state index is 0.0842. The summed E-state index contributed by atoms with van der Waals surface area (Å²) in [5, 5.41) is 10.6. The molecular formula is C22H35N3O3. The smallest absolute Gasteiger partial charge is 0.223 e. The van der Waals surface area contributed by atoms with Gasteiger partial charge in [-0.2, -0.15) is 0 Å². The molecule has 2 aliphatic heterocycles. The Hall–Kier alpha value is -1.37. The molecule has 4 rings (SSSR count). The molecule has 0 spiro atoms. The second kappa shape index (κ2) is 7.15. The van der Waals surface area contributed by atoms with Crippen LogP contribution in [0.25, 0.3) is 0 Å². The van der Waals surface area contributed by atoms with Crippen LogP contribution in [0.3, 0.4) is 0 Å². The largest absolute Gasteiger partial charge is 0.503 e. The third-order valence-corrected chi connectivity index (χ3v) is 7.01. The fourth-order valence-corrected chi connectivity index (χ4v) is 6.07. The summed E-state index contributed by atoms with van der Waals surface area (Å²) < 4.78 is 7.48. The number of rotatable bonds is 4. The van der Waals surface area contributed by atoms with Crippen molar-refractivity contribution in [3.05, 3.63) is 27.7 Å².